The van der Waals surface area contributed by atoms with Gasteiger partial charge in [0, 0.05) is 13.2 Å². The van der Waals surface area contributed by atoms with Gasteiger partial charge in [0.1, 0.15) is 0 Å². The number of para-hydroxylation sites is 2. The lowest BCUT2D eigenvalue weighted by atomic mass is 10.1. The number of hydrogen-bond donors (Lipinski definition) is 2. The number of ether oxygens (including phenoxy) is 1. The Labute approximate surface area is 119 Å². The zero-order chi connectivity index (χ0) is 14.4. The van der Waals surface area contributed by atoms with Crippen LogP contribution in [0.1, 0.15) is 25.7 Å². The van der Waals surface area contributed by atoms with Gasteiger partial charge in [0.15, 0.2) is 0 Å². The molecule has 1 saturated heterocycles. The van der Waals surface area contributed by atoms with Gasteiger partial charge in [0.25, 0.3) is 0 Å². The van der Waals surface area contributed by atoms with Crippen molar-refractivity contribution < 1.29 is 14.6 Å². The first-order valence-electron chi connectivity index (χ1n) is 7.09. The Bertz CT molecular complexity index is 444. The molecule has 1 aliphatic heterocycles. The van der Waals surface area contributed by atoms with Gasteiger partial charge in [-0.2, -0.15) is 0 Å². The molecule has 0 aliphatic carbocycles. The minimum absolute atomic E-state index is 0.0117. The highest BCUT2D eigenvalue weighted by Gasteiger charge is 2.23. The van der Waals surface area contributed by atoms with Crippen molar-refractivity contribution >= 4 is 17.3 Å². The third kappa shape index (κ3) is 3.71. The molecule has 3 N–H and O–H groups in total. The highest BCUT2D eigenvalue weighted by molar-refractivity contribution is 5.96. The summed E-state index contributed by atoms with van der Waals surface area (Å²) in [6, 6.07) is 7.21. The van der Waals surface area contributed by atoms with Crippen molar-refractivity contribution in [3.63, 3.8) is 0 Å². The molecule has 1 unspecified atom stereocenters. The molecule has 1 heterocycles. The number of nitrogens with two attached hydrogens (primary N) is 1. The van der Waals surface area contributed by atoms with Crippen molar-refractivity contribution in [1.29, 1.82) is 0 Å². The largest absolute Gasteiger partial charge is 0.397 e. The molecule has 1 amide bonds. The Balaban J connectivity index is 2.07. The van der Waals surface area contributed by atoms with Crippen LogP contribution in [0, 0.1) is 0 Å². The molecular formula is C15H22N2O3. The average molecular weight is 278 g/mol. The first-order chi connectivity index (χ1) is 9.72. The summed E-state index contributed by atoms with van der Waals surface area (Å²) < 4.78 is 5.60. The summed E-state index contributed by atoms with van der Waals surface area (Å²) in [6.45, 7) is 0.886. The van der Waals surface area contributed by atoms with E-state index in [0.717, 1.165) is 25.9 Å². The van der Waals surface area contributed by atoms with Crippen LogP contribution in [0.4, 0.5) is 11.4 Å². The van der Waals surface area contributed by atoms with Crippen molar-refractivity contribution in [2.45, 2.75) is 31.8 Å². The maximum atomic E-state index is 12.4. The molecule has 5 heteroatoms. The minimum atomic E-state index is -0.0917. The summed E-state index contributed by atoms with van der Waals surface area (Å²) in [7, 11) is 0. The number of nitrogens with zero attached hydrogens (tertiary/aromatic N) is 1. The lowest BCUT2D eigenvalue weighted by Gasteiger charge is -2.27. The molecule has 1 fully saturated rings. The molecule has 20 heavy (non-hydrogen) atoms. The fourth-order valence-corrected chi connectivity index (χ4v) is 2.49. The number of carbonyl (C=O) groups is 1. The monoisotopic (exact) mass is 278 g/mol. The summed E-state index contributed by atoms with van der Waals surface area (Å²) in [5.41, 5.74) is 7.11. The number of aliphatic hydroxyl groups excluding tert-OH is 1. The van der Waals surface area contributed by atoms with Crippen LogP contribution in [-0.2, 0) is 9.53 Å². The molecule has 1 atom stereocenters. The molecule has 1 aromatic rings. The van der Waals surface area contributed by atoms with Crippen LogP contribution < -0.4 is 10.6 Å². The molecule has 0 bridgehead atoms. The van der Waals surface area contributed by atoms with Gasteiger partial charge in [-0.25, -0.2) is 0 Å². The predicted molar refractivity (Wildman–Crippen MR) is 78.5 cm³/mol. The van der Waals surface area contributed by atoms with Crippen molar-refractivity contribution in [2.75, 3.05) is 30.4 Å². The third-order valence-corrected chi connectivity index (χ3v) is 3.53. The number of carbonyl (C=O) groups excluding carboxylic acids is 1. The fourth-order valence-electron chi connectivity index (χ4n) is 2.49. The lowest BCUT2D eigenvalue weighted by Crippen LogP contribution is -2.37. The summed E-state index contributed by atoms with van der Waals surface area (Å²) in [5.74, 6) is -0.0520. The SMILES string of the molecule is Nc1ccccc1N(CCO)C(=O)CC1CCCCO1. The Morgan fingerprint density at radius 3 is 2.85 bits per heavy atom. The topological polar surface area (TPSA) is 75.8 Å². The maximum Gasteiger partial charge on any atom is 0.229 e. The number of aliphatic hydroxyl groups is 1. The normalized spacial score (nSPS) is 18.8. The van der Waals surface area contributed by atoms with E-state index < -0.39 is 0 Å². The van der Waals surface area contributed by atoms with E-state index in [0.29, 0.717) is 17.8 Å². The first kappa shape index (κ1) is 14.8. The number of hydrogen-bond acceptors (Lipinski definition) is 4. The Hall–Kier alpha value is -1.59. The smallest absolute Gasteiger partial charge is 0.229 e. The molecular weight excluding hydrogens is 256 g/mol. The van der Waals surface area contributed by atoms with Gasteiger partial charge < -0.3 is 20.5 Å². The van der Waals surface area contributed by atoms with Gasteiger partial charge in [0.2, 0.25) is 5.91 Å². The van der Waals surface area contributed by atoms with E-state index >= 15 is 0 Å². The number of anilines is 2. The standard InChI is InChI=1S/C15H22N2O3/c16-13-6-1-2-7-14(13)17(8-9-18)15(19)11-12-5-3-4-10-20-12/h1-2,6-7,12,18H,3-5,8-11,16H2. The van der Waals surface area contributed by atoms with Crippen LogP contribution in [0.2, 0.25) is 0 Å². The molecule has 1 aliphatic rings. The van der Waals surface area contributed by atoms with Crippen molar-refractivity contribution in [3.8, 4) is 0 Å². The highest BCUT2D eigenvalue weighted by Crippen LogP contribution is 2.24. The van der Waals surface area contributed by atoms with E-state index in [-0.39, 0.29) is 25.2 Å². The molecule has 0 radical (unpaired) electrons. The molecule has 0 spiro atoms. The van der Waals surface area contributed by atoms with Crippen molar-refractivity contribution in [2.24, 2.45) is 0 Å². The third-order valence-electron chi connectivity index (χ3n) is 3.53. The number of rotatable bonds is 5. The van der Waals surface area contributed by atoms with E-state index in [9.17, 15) is 9.90 Å². The van der Waals surface area contributed by atoms with Gasteiger partial charge in [-0.1, -0.05) is 12.1 Å². The average Bonchev–Trinajstić information content (AvgIpc) is 2.47. The highest BCUT2D eigenvalue weighted by atomic mass is 16.5. The maximum absolute atomic E-state index is 12.4. The van der Waals surface area contributed by atoms with Crippen LogP contribution >= 0.6 is 0 Å². The second kappa shape index (κ2) is 7.26. The molecule has 110 valence electrons. The molecule has 0 aromatic heterocycles. The van der Waals surface area contributed by atoms with E-state index in [4.69, 9.17) is 10.5 Å². The predicted octanol–water partition coefficient (Wildman–Crippen LogP) is 1.55. The van der Waals surface area contributed by atoms with E-state index in [1.165, 1.54) is 0 Å². The van der Waals surface area contributed by atoms with Crippen LogP contribution in [0.3, 0.4) is 0 Å². The quantitative estimate of drug-likeness (QED) is 0.801. The van der Waals surface area contributed by atoms with Gasteiger partial charge in [0.05, 0.1) is 30.5 Å². The van der Waals surface area contributed by atoms with E-state index in [2.05, 4.69) is 0 Å². The van der Waals surface area contributed by atoms with Gasteiger partial charge in [-0.15, -0.1) is 0 Å². The number of nitrogen functional groups attached to an aromatic ring is 1. The van der Waals surface area contributed by atoms with Gasteiger partial charge in [-0.3, -0.25) is 4.79 Å². The second-order valence-corrected chi connectivity index (χ2v) is 5.02. The first-order valence-corrected chi connectivity index (χ1v) is 7.09. The van der Waals surface area contributed by atoms with E-state index in [1.54, 1.807) is 17.0 Å². The van der Waals surface area contributed by atoms with Crippen molar-refractivity contribution in [3.05, 3.63) is 24.3 Å². The Kier molecular flexibility index (Phi) is 5.38. The van der Waals surface area contributed by atoms with E-state index in [1.807, 2.05) is 12.1 Å². The number of amides is 1. The molecule has 5 nitrogen and oxygen atoms in total. The summed E-state index contributed by atoms with van der Waals surface area (Å²) >= 11 is 0. The minimum Gasteiger partial charge on any atom is -0.397 e. The summed E-state index contributed by atoms with van der Waals surface area (Å²) in [4.78, 5) is 14.0. The van der Waals surface area contributed by atoms with Crippen LogP contribution in [0.25, 0.3) is 0 Å². The van der Waals surface area contributed by atoms with Crippen LogP contribution in [0.15, 0.2) is 24.3 Å². The van der Waals surface area contributed by atoms with Crippen LogP contribution in [0.5, 0.6) is 0 Å². The Morgan fingerprint density at radius 1 is 1.40 bits per heavy atom. The Morgan fingerprint density at radius 2 is 2.20 bits per heavy atom. The summed E-state index contributed by atoms with van der Waals surface area (Å²) in [6.07, 6.45) is 3.42. The lowest BCUT2D eigenvalue weighted by molar-refractivity contribution is -0.122. The molecule has 1 aromatic carbocycles. The van der Waals surface area contributed by atoms with Gasteiger partial charge >= 0.3 is 0 Å². The second-order valence-electron chi connectivity index (χ2n) is 5.02. The molecule has 0 saturated carbocycles. The zero-order valence-electron chi connectivity index (χ0n) is 11.6. The summed E-state index contributed by atoms with van der Waals surface area (Å²) in [5, 5.41) is 9.18. The van der Waals surface area contributed by atoms with Crippen LogP contribution in [-0.4, -0.2) is 36.9 Å². The molecule has 2 rings (SSSR count). The van der Waals surface area contributed by atoms with Gasteiger partial charge in [-0.05, 0) is 31.4 Å². The zero-order valence-corrected chi connectivity index (χ0v) is 11.6. The fraction of sp³-hybridized carbons (Fsp3) is 0.533. The van der Waals surface area contributed by atoms with Crippen molar-refractivity contribution in [1.82, 2.24) is 0 Å². The number of benzene rings is 1.